The van der Waals surface area contributed by atoms with Crippen molar-refractivity contribution in [2.75, 3.05) is 46.4 Å². The van der Waals surface area contributed by atoms with E-state index in [1.807, 2.05) is 13.1 Å². The number of halogens is 1. The number of amides is 1. The summed E-state index contributed by atoms with van der Waals surface area (Å²) < 4.78 is 11.3. The summed E-state index contributed by atoms with van der Waals surface area (Å²) in [7, 11) is 2.01. The molecule has 2 saturated heterocycles. The standard InChI is InChI=1S/C20H29N3O3.ClH/c1-21-16-4-2-8-22(13-16)14-20(24)23-9-3-5-17(23)15-6-7-18-19(12-15)26-11-10-25-18;/h6-7,12,16-17,21H,2-5,8-11,13-14H2,1H3;1H. The number of piperidine rings is 1. The zero-order valence-electron chi connectivity index (χ0n) is 16.0. The number of likely N-dealkylation sites (tertiary alicyclic amines) is 2. The Bertz CT molecular complexity index is 657. The van der Waals surface area contributed by atoms with E-state index in [-0.39, 0.29) is 24.4 Å². The molecule has 0 aromatic heterocycles. The second kappa shape index (κ2) is 9.13. The molecule has 2 fully saturated rings. The SMILES string of the molecule is CNC1CCCN(CC(=O)N2CCCC2c2ccc3c(c2)OCCO3)C1.Cl. The lowest BCUT2D eigenvalue weighted by molar-refractivity contribution is -0.133. The lowest BCUT2D eigenvalue weighted by Crippen LogP contribution is -2.48. The average Bonchev–Trinajstić information content (AvgIpc) is 3.18. The molecule has 3 heterocycles. The smallest absolute Gasteiger partial charge is 0.237 e. The summed E-state index contributed by atoms with van der Waals surface area (Å²) in [5.41, 5.74) is 1.16. The van der Waals surface area contributed by atoms with E-state index < -0.39 is 0 Å². The summed E-state index contributed by atoms with van der Waals surface area (Å²) in [6.07, 6.45) is 4.43. The van der Waals surface area contributed by atoms with Crippen LogP contribution in [0, 0.1) is 0 Å². The maximum Gasteiger partial charge on any atom is 0.237 e. The van der Waals surface area contributed by atoms with Crippen LogP contribution in [-0.4, -0.2) is 68.2 Å². The van der Waals surface area contributed by atoms with Crippen LogP contribution in [0.25, 0.3) is 0 Å². The number of hydrogen-bond acceptors (Lipinski definition) is 5. The summed E-state index contributed by atoms with van der Waals surface area (Å²) in [4.78, 5) is 17.4. The summed E-state index contributed by atoms with van der Waals surface area (Å²) in [6.45, 7) is 4.55. The predicted molar refractivity (Wildman–Crippen MR) is 107 cm³/mol. The third kappa shape index (κ3) is 4.50. The van der Waals surface area contributed by atoms with E-state index in [1.165, 1.54) is 6.42 Å². The highest BCUT2D eigenvalue weighted by molar-refractivity contribution is 5.85. The maximum absolute atomic E-state index is 13.0. The number of nitrogens with zero attached hydrogens (tertiary/aromatic N) is 2. The summed E-state index contributed by atoms with van der Waals surface area (Å²) in [5, 5.41) is 3.35. The van der Waals surface area contributed by atoms with E-state index >= 15 is 0 Å². The Hall–Kier alpha value is -1.50. The molecule has 1 aromatic carbocycles. The molecule has 4 rings (SSSR count). The number of carbonyl (C=O) groups excluding carboxylic acids is 1. The normalized spacial score (nSPS) is 25.1. The Morgan fingerprint density at radius 3 is 2.74 bits per heavy atom. The number of likely N-dealkylation sites (N-methyl/N-ethyl adjacent to an activating group) is 1. The predicted octanol–water partition coefficient (Wildman–Crippen LogP) is 2.23. The molecule has 7 heteroatoms. The lowest BCUT2D eigenvalue weighted by Gasteiger charge is -2.34. The number of rotatable bonds is 4. The van der Waals surface area contributed by atoms with Crippen molar-refractivity contribution < 1.29 is 14.3 Å². The molecule has 6 nitrogen and oxygen atoms in total. The highest BCUT2D eigenvalue weighted by Gasteiger charge is 2.32. The van der Waals surface area contributed by atoms with Crippen LogP contribution in [0.15, 0.2) is 18.2 Å². The molecule has 1 N–H and O–H groups in total. The fourth-order valence-electron chi connectivity index (χ4n) is 4.40. The van der Waals surface area contributed by atoms with Gasteiger partial charge in [0.15, 0.2) is 11.5 Å². The molecule has 3 aliphatic heterocycles. The van der Waals surface area contributed by atoms with Crippen molar-refractivity contribution in [3.8, 4) is 11.5 Å². The topological polar surface area (TPSA) is 54.0 Å². The fraction of sp³-hybridized carbons (Fsp3) is 0.650. The highest BCUT2D eigenvalue weighted by atomic mass is 35.5. The molecule has 2 atom stereocenters. The molecule has 0 aliphatic carbocycles. The van der Waals surface area contributed by atoms with E-state index in [0.717, 1.165) is 56.0 Å². The van der Waals surface area contributed by atoms with Gasteiger partial charge in [-0.2, -0.15) is 0 Å². The molecule has 0 radical (unpaired) electrons. The highest BCUT2D eigenvalue weighted by Crippen LogP contribution is 2.38. The van der Waals surface area contributed by atoms with E-state index in [4.69, 9.17) is 9.47 Å². The van der Waals surface area contributed by atoms with Crippen molar-refractivity contribution >= 4 is 18.3 Å². The first-order chi connectivity index (χ1) is 12.7. The second-order valence-electron chi connectivity index (χ2n) is 7.51. The molecule has 2 unspecified atom stereocenters. The minimum atomic E-state index is 0. The van der Waals surface area contributed by atoms with Crippen LogP contribution in [0.2, 0.25) is 0 Å². The lowest BCUT2D eigenvalue weighted by atomic mass is 10.0. The zero-order chi connectivity index (χ0) is 17.9. The maximum atomic E-state index is 13.0. The Balaban J connectivity index is 0.00000210. The van der Waals surface area contributed by atoms with Crippen molar-refractivity contribution in [3.05, 3.63) is 23.8 Å². The molecule has 0 bridgehead atoms. The Morgan fingerprint density at radius 1 is 1.15 bits per heavy atom. The third-order valence-corrected chi connectivity index (χ3v) is 5.80. The minimum absolute atomic E-state index is 0. The van der Waals surface area contributed by atoms with Gasteiger partial charge < -0.3 is 19.7 Å². The van der Waals surface area contributed by atoms with Gasteiger partial charge in [0.2, 0.25) is 5.91 Å². The summed E-state index contributed by atoms with van der Waals surface area (Å²) in [5.74, 6) is 1.86. The fourth-order valence-corrected chi connectivity index (χ4v) is 4.40. The number of carbonyl (C=O) groups is 1. The first-order valence-corrected chi connectivity index (χ1v) is 9.83. The molecule has 27 heavy (non-hydrogen) atoms. The van der Waals surface area contributed by atoms with Gasteiger partial charge >= 0.3 is 0 Å². The van der Waals surface area contributed by atoms with Crippen LogP contribution < -0.4 is 14.8 Å². The van der Waals surface area contributed by atoms with Gasteiger partial charge in [0.05, 0.1) is 12.6 Å². The van der Waals surface area contributed by atoms with Crippen molar-refractivity contribution in [1.29, 1.82) is 0 Å². The van der Waals surface area contributed by atoms with Crippen LogP contribution >= 0.6 is 12.4 Å². The molecule has 3 aliphatic rings. The molecular weight excluding hydrogens is 366 g/mol. The minimum Gasteiger partial charge on any atom is -0.486 e. The van der Waals surface area contributed by atoms with Gasteiger partial charge in [0, 0.05) is 19.1 Å². The Morgan fingerprint density at radius 2 is 1.93 bits per heavy atom. The Kier molecular flexibility index (Phi) is 6.84. The van der Waals surface area contributed by atoms with E-state index in [2.05, 4.69) is 27.2 Å². The average molecular weight is 396 g/mol. The summed E-state index contributed by atoms with van der Waals surface area (Å²) in [6, 6.07) is 6.78. The van der Waals surface area contributed by atoms with Gasteiger partial charge in [-0.15, -0.1) is 12.4 Å². The van der Waals surface area contributed by atoms with Crippen molar-refractivity contribution in [2.45, 2.75) is 37.8 Å². The van der Waals surface area contributed by atoms with Crippen LogP contribution in [0.5, 0.6) is 11.5 Å². The van der Waals surface area contributed by atoms with E-state index in [1.54, 1.807) is 0 Å². The zero-order valence-corrected chi connectivity index (χ0v) is 16.8. The van der Waals surface area contributed by atoms with Gasteiger partial charge in [-0.25, -0.2) is 0 Å². The number of nitrogens with one attached hydrogen (secondary N) is 1. The molecule has 150 valence electrons. The molecule has 1 amide bonds. The molecule has 0 saturated carbocycles. The van der Waals surface area contributed by atoms with Crippen LogP contribution in [0.3, 0.4) is 0 Å². The number of ether oxygens (including phenoxy) is 2. The summed E-state index contributed by atoms with van der Waals surface area (Å²) >= 11 is 0. The van der Waals surface area contributed by atoms with Crippen LogP contribution in [0.1, 0.15) is 37.3 Å². The van der Waals surface area contributed by atoms with Crippen molar-refractivity contribution in [3.63, 3.8) is 0 Å². The molecule has 0 spiro atoms. The first kappa shape index (κ1) is 20.2. The van der Waals surface area contributed by atoms with Gasteiger partial charge in [-0.05, 0) is 57.0 Å². The monoisotopic (exact) mass is 395 g/mol. The quantitative estimate of drug-likeness (QED) is 0.847. The van der Waals surface area contributed by atoms with Crippen molar-refractivity contribution in [2.24, 2.45) is 0 Å². The van der Waals surface area contributed by atoms with E-state index in [0.29, 0.717) is 25.8 Å². The van der Waals surface area contributed by atoms with Gasteiger partial charge in [0.25, 0.3) is 0 Å². The number of benzene rings is 1. The van der Waals surface area contributed by atoms with Crippen LogP contribution in [0.4, 0.5) is 0 Å². The molecule has 1 aromatic rings. The van der Waals surface area contributed by atoms with Crippen LogP contribution in [-0.2, 0) is 4.79 Å². The molecular formula is C20H30ClN3O3. The first-order valence-electron chi connectivity index (χ1n) is 9.83. The van der Waals surface area contributed by atoms with Gasteiger partial charge in [-0.3, -0.25) is 9.69 Å². The van der Waals surface area contributed by atoms with E-state index in [9.17, 15) is 4.79 Å². The Labute approximate surface area is 167 Å². The number of fused-ring (bicyclic) bond motifs is 1. The van der Waals surface area contributed by atoms with Crippen molar-refractivity contribution in [1.82, 2.24) is 15.1 Å². The number of hydrogen-bond donors (Lipinski definition) is 1. The third-order valence-electron chi connectivity index (χ3n) is 5.80. The second-order valence-corrected chi connectivity index (χ2v) is 7.51. The van der Waals surface area contributed by atoms with Gasteiger partial charge in [-0.1, -0.05) is 6.07 Å². The van der Waals surface area contributed by atoms with Gasteiger partial charge in [0.1, 0.15) is 13.2 Å². The largest absolute Gasteiger partial charge is 0.486 e.